The second kappa shape index (κ2) is 10.6. The van der Waals surface area contributed by atoms with E-state index in [1.54, 1.807) is 25.3 Å². The van der Waals surface area contributed by atoms with Gasteiger partial charge < -0.3 is 14.5 Å². The lowest BCUT2D eigenvalue weighted by atomic mass is 10.2. The summed E-state index contributed by atoms with van der Waals surface area (Å²) in [5.74, 6) is 3.74. The summed E-state index contributed by atoms with van der Waals surface area (Å²) in [6, 6.07) is 10.6. The Morgan fingerprint density at radius 2 is 1.93 bits per heavy atom. The second-order valence-electron chi connectivity index (χ2n) is 5.88. The Bertz CT molecular complexity index is 934. The smallest absolute Gasteiger partial charge is 0.247 e. The Balaban J connectivity index is 1.82. The number of aromatic amines is 1. The van der Waals surface area contributed by atoms with Crippen LogP contribution in [0.2, 0.25) is 0 Å². The molecule has 144 valence electrons. The molecule has 0 unspecified atom stereocenters. The van der Waals surface area contributed by atoms with E-state index in [-0.39, 0.29) is 17.1 Å². The fourth-order valence-corrected chi connectivity index (χ4v) is 3.07. The molecule has 2 rings (SSSR count). The molecule has 0 atom stereocenters. The first-order chi connectivity index (χ1) is 13.0. The van der Waals surface area contributed by atoms with E-state index in [1.807, 2.05) is 18.2 Å². The van der Waals surface area contributed by atoms with Crippen LogP contribution < -0.4 is 10.3 Å². The average Bonchev–Trinajstić information content (AvgIpc) is 2.67. The van der Waals surface area contributed by atoms with Gasteiger partial charge in [0.15, 0.2) is 0 Å². The Morgan fingerprint density at radius 1 is 1.11 bits per heavy atom. The van der Waals surface area contributed by atoms with E-state index in [4.69, 9.17) is 9.47 Å². The molecule has 0 fully saturated rings. The third kappa shape index (κ3) is 7.69. The van der Waals surface area contributed by atoms with E-state index in [0.717, 1.165) is 11.1 Å². The predicted octanol–water partition coefficient (Wildman–Crippen LogP) is 2.65. The van der Waals surface area contributed by atoms with Crippen molar-refractivity contribution in [3.63, 3.8) is 0 Å². The number of nitrogens with one attached hydrogen (secondary N) is 1. The number of unbranched alkanes of at least 4 members (excludes halogenated alkanes) is 1. The molecular weight excluding hydrogens is 366 g/mol. The van der Waals surface area contributed by atoms with Crippen molar-refractivity contribution >= 4 is 9.84 Å². The molecule has 0 aliphatic heterocycles. The van der Waals surface area contributed by atoms with Gasteiger partial charge in [-0.2, -0.15) is 0 Å². The zero-order chi connectivity index (χ0) is 19.5. The summed E-state index contributed by atoms with van der Waals surface area (Å²) in [5, 5.41) is 0. The van der Waals surface area contributed by atoms with Gasteiger partial charge in [0.25, 0.3) is 0 Å². The summed E-state index contributed by atoms with van der Waals surface area (Å²) in [7, 11) is -2.95. The maximum Gasteiger partial charge on any atom is 0.247 e. The summed E-state index contributed by atoms with van der Waals surface area (Å²) < 4.78 is 34.0. The predicted molar refractivity (Wildman–Crippen MR) is 104 cm³/mol. The highest BCUT2D eigenvalue weighted by Gasteiger charge is 2.05. The quantitative estimate of drug-likeness (QED) is 0.526. The summed E-state index contributed by atoms with van der Waals surface area (Å²) in [4.78, 5) is 13.6. The van der Waals surface area contributed by atoms with E-state index in [2.05, 4.69) is 17.0 Å². The van der Waals surface area contributed by atoms with Crippen molar-refractivity contribution in [2.24, 2.45) is 0 Å². The molecule has 0 spiro atoms. The normalized spacial score (nSPS) is 10.9. The Kier molecular flexibility index (Phi) is 8.11. The van der Waals surface area contributed by atoms with Gasteiger partial charge in [-0.05, 0) is 24.1 Å². The standard InChI is InChI=1S/C20H23NO5S/c1-2-27(23,24)13-7-3-6-12-26-19-9-5-4-8-18(19)16-25-15-17-10-11-20(22)21-14-17/h4-5,8-11,14H,2-3,7,13,15-16H2,1H3,(H,21,22). The number of pyridine rings is 1. The van der Waals surface area contributed by atoms with E-state index < -0.39 is 9.84 Å². The molecule has 0 aliphatic carbocycles. The highest BCUT2D eigenvalue weighted by atomic mass is 32.2. The Morgan fingerprint density at radius 3 is 2.67 bits per heavy atom. The van der Waals surface area contributed by atoms with Crippen LogP contribution in [0.25, 0.3) is 0 Å². The van der Waals surface area contributed by atoms with Crippen molar-refractivity contribution in [1.82, 2.24) is 4.98 Å². The molecule has 27 heavy (non-hydrogen) atoms. The first kappa shape index (κ1) is 20.7. The van der Waals surface area contributed by atoms with Crippen molar-refractivity contribution in [3.8, 4) is 17.8 Å². The van der Waals surface area contributed by atoms with E-state index in [9.17, 15) is 13.2 Å². The lowest BCUT2D eigenvalue weighted by molar-refractivity contribution is 0.105. The van der Waals surface area contributed by atoms with Crippen molar-refractivity contribution in [2.75, 3.05) is 11.5 Å². The first-order valence-electron chi connectivity index (χ1n) is 8.68. The molecule has 0 radical (unpaired) electrons. The fraction of sp³-hybridized carbons (Fsp3) is 0.350. The van der Waals surface area contributed by atoms with Crippen LogP contribution in [0.15, 0.2) is 47.4 Å². The van der Waals surface area contributed by atoms with Crippen LogP contribution in [0.5, 0.6) is 5.75 Å². The van der Waals surface area contributed by atoms with Crippen LogP contribution in [-0.4, -0.2) is 24.9 Å². The zero-order valence-electron chi connectivity index (χ0n) is 15.2. The number of H-pyrrole nitrogens is 1. The van der Waals surface area contributed by atoms with E-state index in [1.165, 1.54) is 6.07 Å². The topological polar surface area (TPSA) is 85.5 Å². The number of ether oxygens (including phenoxy) is 2. The number of benzene rings is 1. The minimum atomic E-state index is -2.95. The van der Waals surface area contributed by atoms with Crippen molar-refractivity contribution in [2.45, 2.75) is 33.0 Å². The van der Waals surface area contributed by atoms with Gasteiger partial charge in [0.1, 0.15) is 21.7 Å². The van der Waals surface area contributed by atoms with Gasteiger partial charge in [-0.25, -0.2) is 8.42 Å². The molecule has 6 nitrogen and oxygen atoms in total. The number of hydrogen-bond donors (Lipinski definition) is 1. The monoisotopic (exact) mass is 389 g/mol. The van der Waals surface area contributed by atoms with Crippen LogP contribution in [0.1, 0.15) is 30.9 Å². The third-order valence-corrected chi connectivity index (χ3v) is 5.57. The largest absolute Gasteiger partial charge is 0.407 e. The number of sulfone groups is 1. The minimum Gasteiger partial charge on any atom is -0.407 e. The summed E-state index contributed by atoms with van der Waals surface area (Å²) >= 11 is 0. The van der Waals surface area contributed by atoms with Gasteiger partial charge in [-0.15, -0.1) is 0 Å². The van der Waals surface area contributed by atoms with Crippen molar-refractivity contribution in [1.29, 1.82) is 0 Å². The molecule has 0 bridgehead atoms. The van der Waals surface area contributed by atoms with Gasteiger partial charge in [0.05, 0.1) is 19.0 Å². The Hall–Kier alpha value is -2.56. The van der Waals surface area contributed by atoms with E-state index in [0.29, 0.717) is 31.8 Å². The number of rotatable bonds is 9. The van der Waals surface area contributed by atoms with Gasteiger partial charge >= 0.3 is 0 Å². The maximum absolute atomic E-state index is 11.4. The minimum absolute atomic E-state index is 0.146. The molecular formula is C20H23NO5S. The van der Waals surface area contributed by atoms with Gasteiger partial charge in [-0.3, -0.25) is 4.79 Å². The maximum atomic E-state index is 11.4. The molecule has 1 heterocycles. The molecule has 0 saturated heterocycles. The summed E-state index contributed by atoms with van der Waals surface area (Å²) in [5.41, 5.74) is 1.57. The van der Waals surface area contributed by atoms with E-state index >= 15 is 0 Å². The average molecular weight is 389 g/mol. The summed E-state index contributed by atoms with van der Waals surface area (Å²) in [6.07, 6.45) is 5.20. The highest BCUT2D eigenvalue weighted by Crippen LogP contribution is 2.19. The number of aromatic nitrogens is 1. The van der Waals surface area contributed by atoms with Gasteiger partial charge in [-0.1, -0.05) is 31.0 Å². The lowest BCUT2D eigenvalue weighted by Gasteiger charge is -2.08. The summed E-state index contributed by atoms with van der Waals surface area (Å²) in [6.45, 7) is 2.34. The molecule has 1 aromatic carbocycles. The van der Waals surface area contributed by atoms with Gasteiger partial charge in [0, 0.05) is 30.0 Å². The lowest BCUT2D eigenvalue weighted by Crippen LogP contribution is -2.08. The van der Waals surface area contributed by atoms with Crippen LogP contribution in [0.3, 0.4) is 0 Å². The molecule has 1 aromatic heterocycles. The molecule has 0 saturated carbocycles. The van der Waals surface area contributed by atoms with Gasteiger partial charge in [0.2, 0.25) is 5.56 Å². The zero-order valence-corrected chi connectivity index (χ0v) is 16.1. The molecule has 7 heteroatoms. The highest BCUT2D eigenvalue weighted by molar-refractivity contribution is 7.91. The number of para-hydroxylation sites is 1. The van der Waals surface area contributed by atoms with Crippen molar-refractivity contribution < 1.29 is 17.9 Å². The number of hydrogen-bond acceptors (Lipinski definition) is 5. The second-order valence-corrected chi connectivity index (χ2v) is 8.36. The SMILES string of the molecule is CCS(=O)(=O)CCCC#COc1ccccc1COCc1ccc(=O)[nH]c1. The van der Waals surface area contributed by atoms with Crippen molar-refractivity contribution in [3.05, 3.63) is 64.1 Å². The first-order valence-corrected chi connectivity index (χ1v) is 10.5. The van der Waals surface area contributed by atoms with Crippen LogP contribution >= 0.6 is 0 Å². The van der Waals surface area contributed by atoms with Crippen LogP contribution in [0.4, 0.5) is 0 Å². The Labute approximate surface area is 159 Å². The van der Waals surface area contributed by atoms with Crippen LogP contribution in [0, 0.1) is 12.0 Å². The van der Waals surface area contributed by atoms with Crippen LogP contribution in [-0.2, 0) is 27.8 Å². The molecule has 0 aliphatic rings. The molecule has 0 amide bonds. The molecule has 2 aromatic rings. The fourth-order valence-electron chi connectivity index (χ4n) is 2.20. The third-order valence-electron chi connectivity index (χ3n) is 3.78. The molecule has 1 N–H and O–H groups in total.